The van der Waals surface area contributed by atoms with Gasteiger partial charge in [-0.25, -0.2) is 13.6 Å². The van der Waals surface area contributed by atoms with Crippen LogP contribution in [0.4, 0.5) is 8.78 Å². The van der Waals surface area contributed by atoms with Crippen LogP contribution in [-0.4, -0.2) is 15.7 Å². The summed E-state index contributed by atoms with van der Waals surface area (Å²) in [4.78, 5) is 12.0. The third-order valence-electron chi connectivity index (χ3n) is 2.76. The number of halogens is 3. The number of hydrogen-bond donors (Lipinski definition) is 0. The van der Waals surface area contributed by atoms with Crippen LogP contribution >= 0.6 is 22.6 Å². The fourth-order valence-electron chi connectivity index (χ4n) is 1.73. The van der Waals surface area contributed by atoms with Crippen molar-refractivity contribution in [3.63, 3.8) is 0 Å². The highest BCUT2D eigenvalue weighted by Gasteiger charge is 2.24. The maximum Gasteiger partial charge on any atom is 0.345 e. The molecule has 0 spiro atoms. The van der Waals surface area contributed by atoms with Gasteiger partial charge in [0.15, 0.2) is 0 Å². The third-order valence-corrected chi connectivity index (χ3v) is 3.78. The van der Waals surface area contributed by atoms with Gasteiger partial charge in [0.05, 0.1) is 5.56 Å². The number of carbonyl (C=O) groups excluding carboxylic acids is 1. The molecule has 0 bridgehead atoms. The quantitative estimate of drug-likeness (QED) is 0.594. The molecule has 0 saturated carbocycles. The zero-order valence-electron chi connectivity index (χ0n) is 10.7. The highest BCUT2D eigenvalue weighted by atomic mass is 127. The van der Waals surface area contributed by atoms with Gasteiger partial charge in [-0.15, -0.1) is 5.10 Å². The number of alkyl halides is 2. The van der Waals surface area contributed by atoms with E-state index in [0.717, 1.165) is 10.2 Å². The van der Waals surface area contributed by atoms with E-state index in [1.807, 2.05) is 0 Å². The average molecular weight is 392 g/mol. The number of nitrogens with zero attached hydrogens (tertiary/aromatic N) is 2. The highest BCUT2D eigenvalue weighted by Crippen LogP contribution is 2.30. The Hall–Kier alpha value is -1.51. The van der Waals surface area contributed by atoms with E-state index < -0.39 is 12.4 Å². The zero-order valence-corrected chi connectivity index (χ0v) is 12.9. The van der Waals surface area contributed by atoms with Crippen molar-refractivity contribution in [3.8, 4) is 5.88 Å². The molecule has 0 N–H and O–H groups in total. The molecule has 1 aromatic carbocycles. The van der Waals surface area contributed by atoms with Crippen molar-refractivity contribution < 1.29 is 18.3 Å². The van der Waals surface area contributed by atoms with Crippen LogP contribution in [0.2, 0.25) is 0 Å². The average Bonchev–Trinajstić information content (AvgIpc) is 2.64. The second-order valence-corrected chi connectivity index (χ2v) is 5.21. The number of esters is 1. The van der Waals surface area contributed by atoms with Gasteiger partial charge in [-0.05, 0) is 41.1 Å². The number of hydrogen-bond acceptors (Lipinski definition) is 3. The van der Waals surface area contributed by atoms with Crippen LogP contribution in [0.3, 0.4) is 0 Å². The number of ether oxygens (including phenoxy) is 1. The van der Waals surface area contributed by atoms with Crippen LogP contribution < -0.4 is 4.74 Å². The molecule has 0 radical (unpaired) electrons. The molecule has 4 nitrogen and oxygen atoms in total. The fraction of sp³-hybridized carbons (Fsp3) is 0.231. The van der Waals surface area contributed by atoms with Gasteiger partial charge in [-0.1, -0.05) is 18.2 Å². The standard InChI is InChI=1S/C13H11F2IN2O2/c1-7-5-3-4-6-8(7)13(19)20-12-9(16)10(11(14)15)18(2)17-12/h3-6,11H,1-2H3. The van der Waals surface area contributed by atoms with Gasteiger partial charge in [0.1, 0.15) is 9.26 Å². The van der Waals surface area contributed by atoms with E-state index in [1.165, 1.54) is 7.05 Å². The Morgan fingerprint density at radius 2 is 2.05 bits per heavy atom. The number of aromatic nitrogens is 2. The molecule has 7 heteroatoms. The molecule has 106 valence electrons. The van der Waals surface area contributed by atoms with Gasteiger partial charge in [0.25, 0.3) is 12.3 Å². The molecule has 2 aromatic rings. The van der Waals surface area contributed by atoms with Crippen molar-refractivity contribution in [2.45, 2.75) is 13.3 Å². The summed E-state index contributed by atoms with van der Waals surface area (Å²) in [6, 6.07) is 6.88. The topological polar surface area (TPSA) is 44.1 Å². The number of benzene rings is 1. The van der Waals surface area contributed by atoms with E-state index in [0.29, 0.717) is 5.56 Å². The van der Waals surface area contributed by atoms with E-state index in [-0.39, 0.29) is 15.1 Å². The molecule has 2 rings (SSSR count). The summed E-state index contributed by atoms with van der Waals surface area (Å²) in [5.74, 6) is -0.711. The van der Waals surface area contributed by atoms with E-state index in [1.54, 1.807) is 53.8 Å². The first-order valence-electron chi connectivity index (χ1n) is 5.70. The molecular formula is C13H11F2IN2O2. The smallest absolute Gasteiger partial charge is 0.345 e. The van der Waals surface area contributed by atoms with E-state index in [2.05, 4.69) is 5.10 Å². The molecule has 0 unspecified atom stereocenters. The van der Waals surface area contributed by atoms with Crippen molar-refractivity contribution in [1.29, 1.82) is 0 Å². The predicted octanol–water partition coefficient (Wildman–Crippen LogP) is 3.49. The summed E-state index contributed by atoms with van der Waals surface area (Å²) in [5, 5.41) is 3.81. The molecule has 0 aliphatic rings. The van der Waals surface area contributed by atoms with Crippen LogP contribution in [0.25, 0.3) is 0 Å². The molecule has 0 amide bonds. The van der Waals surface area contributed by atoms with Gasteiger partial charge in [-0.2, -0.15) is 0 Å². The maximum atomic E-state index is 12.8. The summed E-state index contributed by atoms with van der Waals surface area (Å²) in [7, 11) is 1.38. The molecule has 0 atom stereocenters. The van der Waals surface area contributed by atoms with Gasteiger partial charge >= 0.3 is 5.97 Å². The van der Waals surface area contributed by atoms with Crippen molar-refractivity contribution >= 4 is 28.6 Å². The van der Waals surface area contributed by atoms with Crippen molar-refractivity contribution in [2.24, 2.45) is 7.05 Å². The minimum absolute atomic E-state index is 0.100. The van der Waals surface area contributed by atoms with Crippen molar-refractivity contribution in [3.05, 3.63) is 44.7 Å². The summed E-state index contributed by atoms with van der Waals surface area (Å²) < 4.78 is 31.9. The van der Waals surface area contributed by atoms with Crippen LogP contribution in [0, 0.1) is 10.5 Å². The van der Waals surface area contributed by atoms with Crippen LogP contribution in [-0.2, 0) is 7.05 Å². The van der Waals surface area contributed by atoms with Crippen molar-refractivity contribution in [1.82, 2.24) is 9.78 Å². The zero-order chi connectivity index (χ0) is 14.9. The second kappa shape index (κ2) is 5.86. The lowest BCUT2D eigenvalue weighted by molar-refractivity contribution is 0.0724. The monoisotopic (exact) mass is 392 g/mol. The van der Waals surface area contributed by atoms with E-state index in [9.17, 15) is 13.6 Å². The first-order chi connectivity index (χ1) is 9.41. The summed E-state index contributed by atoms with van der Waals surface area (Å²) in [5.41, 5.74) is 0.864. The van der Waals surface area contributed by atoms with Crippen LogP contribution in [0.5, 0.6) is 5.88 Å². The lowest BCUT2D eigenvalue weighted by Gasteiger charge is -2.04. The maximum absolute atomic E-state index is 12.8. The predicted molar refractivity (Wildman–Crippen MR) is 77.0 cm³/mol. The normalized spacial score (nSPS) is 10.9. The lowest BCUT2D eigenvalue weighted by atomic mass is 10.1. The Labute approximate surface area is 127 Å². The minimum atomic E-state index is -2.68. The Bertz CT molecular complexity index is 656. The first-order valence-corrected chi connectivity index (χ1v) is 6.78. The Morgan fingerprint density at radius 1 is 1.40 bits per heavy atom. The number of carbonyl (C=O) groups is 1. The third kappa shape index (κ3) is 2.82. The minimum Gasteiger partial charge on any atom is -0.401 e. The van der Waals surface area contributed by atoms with Crippen LogP contribution in [0.15, 0.2) is 24.3 Å². The molecule has 1 aromatic heterocycles. The first kappa shape index (κ1) is 14.9. The largest absolute Gasteiger partial charge is 0.401 e. The highest BCUT2D eigenvalue weighted by molar-refractivity contribution is 14.1. The van der Waals surface area contributed by atoms with Gasteiger partial charge in [-0.3, -0.25) is 4.68 Å². The number of rotatable bonds is 3. The Morgan fingerprint density at radius 3 is 2.60 bits per heavy atom. The van der Waals surface area contributed by atoms with E-state index >= 15 is 0 Å². The van der Waals surface area contributed by atoms with Gasteiger partial charge in [0, 0.05) is 7.05 Å². The molecular weight excluding hydrogens is 381 g/mol. The lowest BCUT2D eigenvalue weighted by Crippen LogP contribution is -2.11. The van der Waals surface area contributed by atoms with Crippen LogP contribution in [0.1, 0.15) is 28.0 Å². The second-order valence-electron chi connectivity index (χ2n) is 4.13. The Kier molecular flexibility index (Phi) is 4.36. The molecule has 0 aliphatic carbocycles. The molecule has 20 heavy (non-hydrogen) atoms. The summed E-state index contributed by atoms with van der Waals surface area (Å²) in [6.07, 6.45) is -2.68. The summed E-state index contributed by atoms with van der Waals surface area (Å²) >= 11 is 1.70. The Balaban J connectivity index is 2.30. The molecule has 0 saturated heterocycles. The fourth-order valence-corrected chi connectivity index (χ4v) is 2.54. The molecule has 0 aliphatic heterocycles. The van der Waals surface area contributed by atoms with Crippen molar-refractivity contribution in [2.75, 3.05) is 0 Å². The van der Waals surface area contributed by atoms with E-state index in [4.69, 9.17) is 4.74 Å². The summed E-state index contributed by atoms with van der Waals surface area (Å²) in [6.45, 7) is 1.77. The van der Waals surface area contributed by atoms with Gasteiger partial charge < -0.3 is 4.74 Å². The molecule has 1 heterocycles. The number of aryl methyl sites for hydroxylation is 2. The van der Waals surface area contributed by atoms with Gasteiger partial charge in [0.2, 0.25) is 0 Å². The SMILES string of the molecule is Cc1ccccc1C(=O)Oc1nn(C)c(C(F)F)c1I. The molecule has 0 fully saturated rings.